The molecule has 5 rings (SSSR count). The Labute approximate surface area is 152 Å². The third kappa shape index (κ3) is 2.15. The van der Waals surface area contributed by atoms with Gasteiger partial charge in [-0.15, -0.1) is 0 Å². The Morgan fingerprint density at radius 2 is 1.50 bits per heavy atom. The number of rotatable bonds is 2. The van der Waals surface area contributed by atoms with Crippen LogP contribution in [0, 0.1) is 0 Å². The normalized spacial score (nSPS) is 27.3. The van der Waals surface area contributed by atoms with E-state index in [2.05, 4.69) is 29.7 Å². The fraction of sp³-hybridized carbons (Fsp3) is 0.227. The minimum absolute atomic E-state index is 0.0234. The lowest BCUT2D eigenvalue weighted by molar-refractivity contribution is -0.144. The second kappa shape index (κ2) is 5.85. The summed E-state index contributed by atoms with van der Waals surface area (Å²) in [7, 11) is 0. The average Bonchev–Trinajstić information content (AvgIpc) is 3.28. The molecular formula is C22H20N2O2. The van der Waals surface area contributed by atoms with E-state index >= 15 is 0 Å². The molecule has 3 heterocycles. The van der Waals surface area contributed by atoms with E-state index in [0.29, 0.717) is 0 Å². The summed E-state index contributed by atoms with van der Waals surface area (Å²) in [6.07, 6.45) is 1.52. The molecule has 4 heteroatoms. The van der Waals surface area contributed by atoms with Crippen molar-refractivity contribution in [3.05, 3.63) is 95.8 Å². The third-order valence-electron chi connectivity index (χ3n) is 5.48. The first-order chi connectivity index (χ1) is 12.8. The second-order valence-electron chi connectivity index (χ2n) is 6.96. The van der Waals surface area contributed by atoms with Gasteiger partial charge < -0.3 is 14.2 Å². The summed E-state index contributed by atoms with van der Waals surface area (Å²) < 4.78 is 8.44. The monoisotopic (exact) mass is 344 g/mol. The van der Waals surface area contributed by atoms with Crippen molar-refractivity contribution in [3.63, 3.8) is 0 Å². The first-order valence-electron chi connectivity index (χ1n) is 9.00. The van der Waals surface area contributed by atoms with Crippen LogP contribution in [0.25, 0.3) is 0 Å². The van der Waals surface area contributed by atoms with Crippen LogP contribution in [0.15, 0.2) is 79.0 Å². The van der Waals surface area contributed by atoms with E-state index < -0.39 is 0 Å². The van der Waals surface area contributed by atoms with Crippen LogP contribution in [0.1, 0.15) is 42.1 Å². The molecule has 1 amide bonds. The number of carbonyl (C=O) groups is 1. The van der Waals surface area contributed by atoms with Crippen LogP contribution in [0.5, 0.6) is 0 Å². The zero-order valence-electron chi connectivity index (χ0n) is 14.5. The summed E-state index contributed by atoms with van der Waals surface area (Å²) in [6.45, 7) is 2.08. The van der Waals surface area contributed by atoms with Crippen molar-refractivity contribution in [2.24, 2.45) is 0 Å². The van der Waals surface area contributed by atoms with Crippen molar-refractivity contribution in [1.29, 1.82) is 0 Å². The molecule has 1 aromatic heterocycles. The van der Waals surface area contributed by atoms with Gasteiger partial charge in [-0.05, 0) is 30.2 Å². The molecule has 1 fully saturated rings. The van der Waals surface area contributed by atoms with Crippen LogP contribution in [-0.4, -0.2) is 21.4 Å². The number of ether oxygens (including phenoxy) is 1. The van der Waals surface area contributed by atoms with Crippen molar-refractivity contribution in [2.45, 2.75) is 31.3 Å². The van der Waals surface area contributed by atoms with Gasteiger partial charge >= 0.3 is 0 Å². The molecule has 3 aromatic rings. The van der Waals surface area contributed by atoms with E-state index in [4.69, 9.17) is 4.74 Å². The van der Waals surface area contributed by atoms with E-state index in [9.17, 15) is 4.79 Å². The molecule has 1 saturated heterocycles. The van der Waals surface area contributed by atoms with Gasteiger partial charge in [0.05, 0.1) is 11.7 Å². The highest BCUT2D eigenvalue weighted by Gasteiger charge is 2.50. The molecule has 4 nitrogen and oxygen atoms in total. The molecule has 0 spiro atoms. The van der Waals surface area contributed by atoms with Crippen LogP contribution in [-0.2, 0) is 9.53 Å². The first-order valence-corrected chi connectivity index (χ1v) is 9.00. The number of amides is 1. The number of aromatic nitrogens is 1. The summed E-state index contributed by atoms with van der Waals surface area (Å²) in [6, 6.07) is 23.8. The van der Waals surface area contributed by atoms with Crippen molar-refractivity contribution in [1.82, 2.24) is 9.47 Å². The Hall–Kier alpha value is -2.85. The Morgan fingerprint density at radius 1 is 0.846 bits per heavy atom. The number of nitrogens with zero attached hydrogens (tertiary/aromatic N) is 2. The van der Waals surface area contributed by atoms with Gasteiger partial charge in [0.2, 0.25) is 0 Å². The van der Waals surface area contributed by atoms with E-state index in [1.54, 1.807) is 0 Å². The van der Waals surface area contributed by atoms with Crippen molar-refractivity contribution >= 4 is 5.91 Å². The fourth-order valence-corrected chi connectivity index (χ4v) is 4.26. The van der Waals surface area contributed by atoms with E-state index in [-0.39, 0.29) is 30.3 Å². The minimum Gasteiger partial charge on any atom is -0.342 e. The Balaban J connectivity index is 1.60. The molecule has 2 aliphatic heterocycles. The lowest BCUT2D eigenvalue weighted by atomic mass is 9.99. The van der Waals surface area contributed by atoms with Crippen molar-refractivity contribution in [2.75, 3.05) is 0 Å². The Bertz CT molecular complexity index is 935. The molecule has 0 aliphatic carbocycles. The predicted molar refractivity (Wildman–Crippen MR) is 98.3 cm³/mol. The van der Waals surface area contributed by atoms with Gasteiger partial charge in [-0.1, -0.05) is 60.7 Å². The van der Waals surface area contributed by atoms with E-state index in [1.807, 2.05) is 65.7 Å². The molecular weight excluding hydrogens is 324 g/mol. The van der Waals surface area contributed by atoms with Crippen molar-refractivity contribution in [3.8, 4) is 0 Å². The van der Waals surface area contributed by atoms with Gasteiger partial charge in [0.25, 0.3) is 5.91 Å². The van der Waals surface area contributed by atoms with Crippen LogP contribution < -0.4 is 0 Å². The van der Waals surface area contributed by atoms with Crippen molar-refractivity contribution < 1.29 is 9.53 Å². The lowest BCUT2D eigenvalue weighted by Crippen LogP contribution is -2.46. The maximum absolute atomic E-state index is 13.5. The number of benzene rings is 2. The zero-order valence-corrected chi connectivity index (χ0v) is 14.5. The molecule has 0 unspecified atom stereocenters. The van der Waals surface area contributed by atoms with Crippen LogP contribution >= 0.6 is 0 Å². The number of carbonyl (C=O) groups excluding carboxylic acids is 1. The molecule has 2 aliphatic rings. The standard InChI is InChI=1S/C22H20N2O2/c1-15-20(17-11-6-3-7-12-17)26-22-18-13-8-14-23(18)19(21(25)24(15)22)16-9-4-2-5-10-16/h2-15,19-20,22H,1H3/t15-,19-,20-,22+/m1/s1. The van der Waals surface area contributed by atoms with Crippen LogP contribution in [0.4, 0.5) is 0 Å². The quantitative estimate of drug-likeness (QED) is 0.702. The Kier molecular flexibility index (Phi) is 3.47. The fourth-order valence-electron chi connectivity index (χ4n) is 4.26. The van der Waals surface area contributed by atoms with Gasteiger partial charge in [-0.3, -0.25) is 4.79 Å². The van der Waals surface area contributed by atoms with Crippen LogP contribution in [0.2, 0.25) is 0 Å². The van der Waals surface area contributed by atoms with Gasteiger partial charge in [0, 0.05) is 6.20 Å². The summed E-state index contributed by atoms with van der Waals surface area (Å²) in [5.74, 6) is 0.0934. The maximum Gasteiger partial charge on any atom is 0.252 e. The summed E-state index contributed by atoms with van der Waals surface area (Å²) >= 11 is 0. The number of hydrogen-bond donors (Lipinski definition) is 0. The molecule has 2 aromatic carbocycles. The lowest BCUT2D eigenvalue weighted by Gasteiger charge is -2.37. The third-order valence-corrected chi connectivity index (χ3v) is 5.48. The number of hydrogen-bond acceptors (Lipinski definition) is 2. The molecule has 0 N–H and O–H groups in total. The second-order valence-corrected chi connectivity index (χ2v) is 6.96. The summed E-state index contributed by atoms with van der Waals surface area (Å²) in [4.78, 5) is 15.4. The summed E-state index contributed by atoms with van der Waals surface area (Å²) in [5, 5.41) is 0. The maximum atomic E-state index is 13.5. The Morgan fingerprint density at radius 3 is 2.19 bits per heavy atom. The highest BCUT2D eigenvalue weighted by Crippen LogP contribution is 2.47. The summed E-state index contributed by atoms with van der Waals surface area (Å²) in [5.41, 5.74) is 3.14. The largest absolute Gasteiger partial charge is 0.342 e. The first kappa shape index (κ1) is 15.4. The average molecular weight is 344 g/mol. The molecule has 0 bridgehead atoms. The van der Waals surface area contributed by atoms with Gasteiger partial charge in [-0.25, -0.2) is 0 Å². The zero-order chi connectivity index (χ0) is 17.7. The SMILES string of the molecule is C[C@@H]1[C@H](c2ccccc2)O[C@H]2c3cccn3[C@H](c3ccccc3)C(=O)N12. The highest BCUT2D eigenvalue weighted by atomic mass is 16.5. The molecule has 4 atom stereocenters. The van der Waals surface area contributed by atoms with Gasteiger partial charge in [0.15, 0.2) is 6.23 Å². The minimum atomic E-state index is -0.335. The molecule has 0 radical (unpaired) electrons. The van der Waals surface area contributed by atoms with Gasteiger partial charge in [-0.2, -0.15) is 0 Å². The molecule has 0 saturated carbocycles. The highest BCUT2D eigenvalue weighted by molar-refractivity contribution is 5.86. The van der Waals surface area contributed by atoms with Gasteiger partial charge in [0.1, 0.15) is 12.1 Å². The molecule has 26 heavy (non-hydrogen) atoms. The van der Waals surface area contributed by atoms with E-state index in [1.165, 1.54) is 0 Å². The predicted octanol–water partition coefficient (Wildman–Crippen LogP) is 4.08. The van der Waals surface area contributed by atoms with Crippen LogP contribution in [0.3, 0.4) is 0 Å². The number of fused-ring (bicyclic) bond motifs is 3. The molecule has 130 valence electrons. The van der Waals surface area contributed by atoms with E-state index in [0.717, 1.165) is 16.8 Å². The topological polar surface area (TPSA) is 34.5 Å². The smallest absolute Gasteiger partial charge is 0.252 e.